The van der Waals surface area contributed by atoms with Gasteiger partial charge in [-0.2, -0.15) is 0 Å². The Bertz CT molecular complexity index is 250. The van der Waals surface area contributed by atoms with E-state index in [0.717, 1.165) is 18.8 Å². The minimum atomic E-state index is -0.667. The molecule has 0 aromatic carbocycles. The maximum atomic E-state index is 9.85. The van der Waals surface area contributed by atoms with Crippen LogP contribution >= 0.6 is 0 Å². The largest absolute Gasteiger partial charge is 0.389 e. The molecule has 0 radical (unpaired) electrons. The number of rotatable bonds is 6. The quantitative estimate of drug-likeness (QED) is 0.730. The molecule has 1 fully saturated rings. The highest BCUT2D eigenvalue weighted by molar-refractivity contribution is 4.81. The standard InChI is InChI=1S/C16H34N2O/c1-15(2,3)14-7-11-18(12-8-14)10-6-5-9-16(4,19)13-17/h14,19H,5-13,17H2,1-4H3. The molecule has 114 valence electrons. The molecule has 1 saturated heterocycles. The molecule has 3 heteroatoms. The molecule has 3 N–H and O–H groups in total. The van der Waals surface area contributed by atoms with Crippen molar-refractivity contribution in [1.29, 1.82) is 0 Å². The van der Waals surface area contributed by atoms with Crippen LogP contribution in [0.5, 0.6) is 0 Å². The fourth-order valence-corrected chi connectivity index (χ4v) is 2.97. The van der Waals surface area contributed by atoms with Gasteiger partial charge in [0.1, 0.15) is 0 Å². The van der Waals surface area contributed by atoms with E-state index in [2.05, 4.69) is 25.7 Å². The van der Waals surface area contributed by atoms with Gasteiger partial charge in [0.25, 0.3) is 0 Å². The van der Waals surface area contributed by atoms with Crippen molar-refractivity contribution in [2.45, 2.75) is 65.4 Å². The normalized spacial score (nSPS) is 22.4. The Hall–Kier alpha value is -0.120. The van der Waals surface area contributed by atoms with Crippen molar-refractivity contribution in [3.63, 3.8) is 0 Å². The van der Waals surface area contributed by atoms with Gasteiger partial charge < -0.3 is 15.7 Å². The maximum absolute atomic E-state index is 9.85. The molecular weight excluding hydrogens is 236 g/mol. The molecule has 3 nitrogen and oxygen atoms in total. The molecule has 0 aromatic rings. The first-order valence-corrected chi connectivity index (χ1v) is 7.89. The predicted octanol–water partition coefficient (Wildman–Crippen LogP) is 2.62. The van der Waals surface area contributed by atoms with Crippen molar-refractivity contribution in [1.82, 2.24) is 4.90 Å². The van der Waals surface area contributed by atoms with Gasteiger partial charge in [0.05, 0.1) is 5.60 Å². The van der Waals surface area contributed by atoms with Crippen LogP contribution in [0.15, 0.2) is 0 Å². The topological polar surface area (TPSA) is 49.5 Å². The van der Waals surface area contributed by atoms with Crippen molar-refractivity contribution < 1.29 is 5.11 Å². The fraction of sp³-hybridized carbons (Fsp3) is 1.00. The summed E-state index contributed by atoms with van der Waals surface area (Å²) < 4.78 is 0. The number of likely N-dealkylation sites (tertiary alicyclic amines) is 1. The number of aliphatic hydroxyl groups is 1. The second-order valence-electron chi connectivity index (χ2n) is 7.64. The SMILES string of the molecule is CC(O)(CN)CCCCN1CCC(C(C)(C)C)CC1. The highest BCUT2D eigenvalue weighted by atomic mass is 16.3. The zero-order valence-electron chi connectivity index (χ0n) is 13.4. The van der Waals surface area contributed by atoms with E-state index in [0.29, 0.717) is 12.0 Å². The van der Waals surface area contributed by atoms with Gasteiger partial charge in [0.2, 0.25) is 0 Å². The lowest BCUT2D eigenvalue weighted by Gasteiger charge is -2.38. The monoisotopic (exact) mass is 270 g/mol. The lowest BCUT2D eigenvalue weighted by Crippen LogP contribution is -2.38. The fourth-order valence-electron chi connectivity index (χ4n) is 2.97. The van der Waals surface area contributed by atoms with Gasteiger partial charge >= 0.3 is 0 Å². The number of nitrogens with zero attached hydrogens (tertiary/aromatic N) is 1. The van der Waals surface area contributed by atoms with E-state index >= 15 is 0 Å². The smallest absolute Gasteiger partial charge is 0.0741 e. The number of hydrogen-bond donors (Lipinski definition) is 2. The second kappa shape index (κ2) is 7.05. The summed E-state index contributed by atoms with van der Waals surface area (Å²) >= 11 is 0. The molecule has 0 spiro atoms. The zero-order valence-corrected chi connectivity index (χ0v) is 13.4. The number of nitrogens with two attached hydrogens (primary N) is 1. The van der Waals surface area contributed by atoms with E-state index in [-0.39, 0.29) is 0 Å². The lowest BCUT2D eigenvalue weighted by molar-refractivity contribution is 0.0550. The Balaban J connectivity index is 2.14. The van der Waals surface area contributed by atoms with Gasteiger partial charge in [-0.15, -0.1) is 0 Å². The first-order valence-electron chi connectivity index (χ1n) is 7.89. The summed E-state index contributed by atoms with van der Waals surface area (Å²) in [7, 11) is 0. The molecule has 0 aromatic heterocycles. The highest BCUT2D eigenvalue weighted by Crippen LogP contribution is 2.34. The van der Waals surface area contributed by atoms with Gasteiger partial charge in [0, 0.05) is 6.54 Å². The molecule has 0 aliphatic carbocycles. The van der Waals surface area contributed by atoms with Crippen LogP contribution in [-0.2, 0) is 0 Å². The Morgan fingerprint density at radius 2 is 1.68 bits per heavy atom. The van der Waals surface area contributed by atoms with Crippen molar-refractivity contribution in [2.75, 3.05) is 26.2 Å². The second-order valence-corrected chi connectivity index (χ2v) is 7.64. The summed E-state index contributed by atoms with van der Waals surface area (Å²) in [5.74, 6) is 0.877. The van der Waals surface area contributed by atoms with E-state index in [9.17, 15) is 5.11 Å². The third-order valence-electron chi connectivity index (χ3n) is 4.69. The van der Waals surface area contributed by atoms with E-state index < -0.39 is 5.60 Å². The third-order valence-corrected chi connectivity index (χ3v) is 4.69. The minimum Gasteiger partial charge on any atom is -0.389 e. The van der Waals surface area contributed by atoms with Crippen molar-refractivity contribution >= 4 is 0 Å². The van der Waals surface area contributed by atoms with E-state index in [1.807, 2.05) is 6.92 Å². The summed E-state index contributed by atoms with van der Waals surface area (Å²) in [6.45, 7) is 13.0. The summed E-state index contributed by atoms with van der Waals surface area (Å²) in [6, 6.07) is 0. The zero-order chi connectivity index (χ0) is 14.5. The average Bonchev–Trinajstić information content (AvgIpc) is 2.34. The third kappa shape index (κ3) is 6.24. The van der Waals surface area contributed by atoms with Crippen molar-refractivity contribution in [3.05, 3.63) is 0 Å². The summed E-state index contributed by atoms with van der Waals surface area (Å²) in [5.41, 5.74) is 5.32. The summed E-state index contributed by atoms with van der Waals surface area (Å²) in [6.07, 6.45) is 5.75. The van der Waals surface area contributed by atoms with Crippen molar-refractivity contribution in [2.24, 2.45) is 17.1 Å². The average molecular weight is 270 g/mol. The molecule has 19 heavy (non-hydrogen) atoms. The van der Waals surface area contributed by atoms with Gasteiger partial charge in [0.15, 0.2) is 0 Å². The minimum absolute atomic E-state index is 0.365. The molecule has 1 rings (SSSR count). The van der Waals surface area contributed by atoms with Crippen LogP contribution in [0, 0.1) is 11.3 Å². The maximum Gasteiger partial charge on any atom is 0.0741 e. The Morgan fingerprint density at radius 3 is 2.16 bits per heavy atom. The van der Waals surface area contributed by atoms with Gasteiger partial charge in [-0.05, 0) is 70.0 Å². The van der Waals surface area contributed by atoms with Crippen LogP contribution in [0.4, 0.5) is 0 Å². The van der Waals surface area contributed by atoms with Crippen LogP contribution in [0.3, 0.4) is 0 Å². The molecule has 1 atom stereocenters. The lowest BCUT2D eigenvalue weighted by atomic mass is 9.75. The van der Waals surface area contributed by atoms with Crippen LogP contribution < -0.4 is 5.73 Å². The van der Waals surface area contributed by atoms with Crippen LogP contribution in [-0.4, -0.2) is 41.8 Å². The molecule has 0 amide bonds. The Labute approximate surface area is 119 Å². The summed E-state index contributed by atoms with van der Waals surface area (Å²) in [5, 5.41) is 9.85. The number of piperidine rings is 1. The molecular formula is C16H34N2O. The highest BCUT2D eigenvalue weighted by Gasteiger charge is 2.28. The molecule has 1 aliphatic rings. The first kappa shape index (κ1) is 16.9. The van der Waals surface area contributed by atoms with Crippen LogP contribution in [0.1, 0.15) is 59.8 Å². The molecule has 0 bridgehead atoms. The van der Waals surface area contributed by atoms with Crippen molar-refractivity contribution in [3.8, 4) is 0 Å². The molecule has 1 heterocycles. The molecule has 0 saturated carbocycles. The Morgan fingerprint density at radius 1 is 1.11 bits per heavy atom. The van der Waals surface area contributed by atoms with Gasteiger partial charge in [-0.3, -0.25) is 0 Å². The number of hydrogen-bond acceptors (Lipinski definition) is 3. The van der Waals surface area contributed by atoms with Crippen LogP contribution in [0.2, 0.25) is 0 Å². The Kier molecular flexibility index (Phi) is 6.28. The molecule has 1 aliphatic heterocycles. The van der Waals surface area contributed by atoms with Gasteiger partial charge in [-0.1, -0.05) is 20.8 Å². The number of unbranched alkanes of at least 4 members (excludes halogenated alkanes) is 1. The summed E-state index contributed by atoms with van der Waals surface area (Å²) in [4.78, 5) is 2.58. The molecule has 1 unspecified atom stereocenters. The first-order chi connectivity index (χ1) is 8.74. The predicted molar refractivity (Wildman–Crippen MR) is 82.1 cm³/mol. The van der Waals surface area contributed by atoms with E-state index in [4.69, 9.17) is 5.73 Å². The van der Waals surface area contributed by atoms with E-state index in [1.54, 1.807) is 0 Å². The van der Waals surface area contributed by atoms with E-state index in [1.165, 1.54) is 38.9 Å². The van der Waals surface area contributed by atoms with Gasteiger partial charge in [-0.25, -0.2) is 0 Å². The van der Waals surface area contributed by atoms with Crippen LogP contribution in [0.25, 0.3) is 0 Å².